The predicted molar refractivity (Wildman–Crippen MR) is 106 cm³/mol. The van der Waals surface area contributed by atoms with Crippen LogP contribution in [0.4, 0.5) is 0 Å². The zero-order valence-corrected chi connectivity index (χ0v) is 17.8. The molecule has 1 aliphatic rings. The normalized spacial score (nSPS) is 21.5. The molecule has 24 heavy (non-hydrogen) atoms. The summed E-state index contributed by atoms with van der Waals surface area (Å²) in [5, 5.41) is 8.97. The van der Waals surface area contributed by atoms with Crippen LogP contribution in [0, 0.1) is 17.3 Å². The average Bonchev–Trinajstić information content (AvgIpc) is 2.51. The molecule has 0 aliphatic heterocycles. The van der Waals surface area contributed by atoms with Gasteiger partial charge in [0.2, 0.25) is 0 Å². The summed E-state index contributed by atoms with van der Waals surface area (Å²) in [6.07, 6.45) is 4.15. The van der Waals surface area contributed by atoms with Crippen molar-refractivity contribution in [3.8, 4) is 11.8 Å². The molecule has 1 rings (SSSR count). The third-order valence-corrected chi connectivity index (χ3v) is 10.2. The molecule has 0 unspecified atom stereocenters. The van der Waals surface area contributed by atoms with E-state index < -0.39 is 8.32 Å². The quantitative estimate of drug-likeness (QED) is 0.510. The second-order valence-electron chi connectivity index (χ2n) is 7.75. The number of allylic oxidation sites excluding steroid dienone is 2. The van der Waals surface area contributed by atoms with Crippen LogP contribution in [0.3, 0.4) is 0 Å². The van der Waals surface area contributed by atoms with Crippen LogP contribution >= 0.6 is 0 Å². The Morgan fingerprint density at radius 3 is 2.33 bits per heavy atom. The fourth-order valence-corrected chi connectivity index (χ4v) is 6.70. The lowest BCUT2D eigenvalue weighted by Crippen LogP contribution is -2.43. The molecule has 0 fully saturated rings. The van der Waals surface area contributed by atoms with Gasteiger partial charge in [0, 0.05) is 11.7 Å². The Balaban J connectivity index is 3.03. The van der Waals surface area contributed by atoms with Gasteiger partial charge in [-0.2, -0.15) is 0 Å². The molecule has 3 heteroatoms. The Bertz CT molecular complexity index is 534. The first kappa shape index (κ1) is 21.2. The molecule has 0 spiro atoms. The molecule has 1 aliphatic carbocycles. The van der Waals surface area contributed by atoms with Crippen LogP contribution in [0.1, 0.15) is 61.3 Å². The fourth-order valence-electron chi connectivity index (χ4n) is 3.83. The van der Waals surface area contributed by atoms with E-state index >= 15 is 0 Å². The summed E-state index contributed by atoms with van der Waals surface area (Å²) in [7, 11) is -1.56. The Labute approximate surface area is 150 Å². The van der Waals surface area contributed by atoms with E-state index in [4.69, 9.17) is 9.53 Å². The summed E-state index contributed by atoms with van der Waals surface area (Å²) in [6, 6.07) is 3.62. The highest BCUT2D eigenvalue weighted by molar-refractivity contribution is 6.73. The van der Waals surface area contributed by atoms with Gasteiger partial charge in [0.1, 0.15) is 0 Å². The molecular weight excluding hydrogens is 312 g/mol. The summed E-state index contributed by atoms with van der Waals surface area (Å²) in [4.78, 5) is 0. The zero-order valence-electron chi connectivity index (χ0n) is 16.8. The molecule has 1 N–H and O–H groups in total. The molecule has 136 valence electrons. The number of aliphatic hydroxyl groups excluding tert-OH is 1. The van der Waals surface area contributed by atoms with E-state index in [9.17, 15) is 0 Å². The van der Waals surface area contributed by atoms with Crippen molar-refractivity contribution < 1.29 is 9.53 Å². The van der Waals surface area contributed by atoms with Crippen molar-refractivity contribution in [2.24, 2.45) is 5.41 Å². The second-order valence-corrected chi connectivity index (χ2v) is 12.5. The molecule has 2 nitrogen and oxygen atoms in total. The van der Waals surface area contributed by atoms with E-state index in [-0.39, 0.29) is 12.0 Å². The number of hydrogen-bond acceptors (Lipinski definition) is 2. The summed E-state index contributed by atoms with van der Waals surface area (Å²) in [5.74, 6) is 6.57. The Morgan fingerprint density at radius 1 is 1.29 bits per heavy atom. The van der Waals surface area contributed by atoms with Gasteiger partial charge in [-0.3, -0.25) is 0 Å². The van der Waals surface area contributed by atoms with Crippen molar-refractivity contribution in [1.29, 1.82) is 0 Å². The van der Waals surface area contributed by atoms with Gasteiger partial charge >= 0.3 is 0 Å². The molecule has 0 aromatic carbocycles. The molecule has 0 amide bonds. The minimum Gasteiger partial charge on any atom is -0.414 e. The van der Waals surface area contributed by atoms with E-state index in [2.05, 4.69) is 53.4 Å². The molecule has 0 bridgehead atoms. The van der Waals surface area contributed by atoms with E-state index in [1.165, 1.54) is 29.3 Å². The summed E-state index contributed by atoms with van der Waals surface area (Å²) in [6.45, 7) is 15.7. The SMILES string of the molecule is CC[Si](CC)(CC)O[C@@H]1CC(C)=C(C#C/C(C)=C/CO)C(C)(C)C1. The topological polar surface area (TPSA) is 29.5 Å². The van der Waals surface area contributed by atoms with Crippen LogP contribution in [0.25, 0.3) is 0 Å². The van der Waals surface area contributed by atoms with Crippen LogP contribution in [-0.4, -0.2) is 26.1 Å². The molecule has 0 aromatic heterocycles. The smallest absolute Gasteiger partial charge is 0.192 e. The third-order valence-electron chi connectivity index (χ3n) is 5.51. The maximum Gasteiger partial charge on any atom is 0.192 e. The fraction of sp³-hybridized carbons (Fsp3) is 0.714. The minimum absolute atomic E-state index is 0.0505. The summed E-state index contributed by atoms with van der Waals surface area (Å²) < 4.78 is 6.76. The standard InChI is InChI=1S/C21H36O2Si/c1-8-24(9-2,10-3)23-19-15-18(5)20(21(6,7)16-19)12-11-17(4)13-14-22/h13,19,22H,8-10,14-16H2,1-7H3/b17-13+/t19-/m1/s1. The van der Waals surface area contributed by atoms with E-state index in [1.54, 1.807) is 6.08 Å². The predicted octanol–water partition coefficient (Wildman–Crippen LogP) is 5.46. The van der Waals surface area contributed by atoms with Crippen molar-refractivity contribution in [3.05, 3.63) is 22.8 Å². The molecular formula is C21H36O2Si. The largest absolute Gasteiger partial charge is 0.414 e. The van der Waals surface area contributed by atoms with Crippen LogP contribution in [0.2, 0.25) is 18.1 Å². The van der Waals surface area contributed by atoms with Gasteiger partial charge in [-0.1, -0.05) is 52.0 Å². The van der Waals surface area contributed by atoms with Crippen LogP contribution < -0.4 is 0 Å². The molecule has 0 saturated carbocycles. The van der Waals surface area contributed by atoms with E-state index in [0.29, 0.717) is 6.10 Å². The lowest BCUT2D eigenvalue weighted by Gasteiger charge is -2.41. The lowest BCUT2D eigenvalue weighted by molar-refractivity contribution is 0.128. The van der Waals surface area contributed by atoms with Crippen molar-refractivity contribution in [1.82, 2.24) is 0 Å². The van der Waals surface area contributed by atoms with E-state index in [0.717, 1.165) is 18.4 Å². The van der Waals surface area contributed by atoms with Gasteiger partial charge < -0.3 is 9.53 Å². The number of hydrogen-bond donors (Lipinski definition) is 1. The maximum atomic E-state index is 8.97. The molecule has 0 heterocycles. The van der Waals surface area contributed by atoms with Gasteiger partial charge in [0.15, 0.2) is 8.32 Å². The van der Waals surface area contributed by atoms with Gasteiger partial charge in [0.25, 0.3) is 0 Å². The van der Waals surface area contributed by atoms with Crippen molar-refractivity contribution in [2.45, 2.75) is 85.5 Å². The Hall–Kier alpha value is -0.823. The molecule has 0 aromatic rings. The molecule has 0 saturated heterocycles. The maximum absolute atomic E-state index is 8.97. The third kappa shape index (κ3) is 5.34. The van der Waals surface area contributed by atoms with Crippen LogP contribution in [-0.2, 0) is 4.43 Å². The van der Waals surface area contributed by atoms with Crippen molar-refractivity contribution in [2.75, 3.05) is 6.61 Å². The Morgan fingerprint density at radius 2 is 1.88 bits per heavy atom. The summed E-state index contributed by atoms with van der Waals surface area (Å²) >= 11 is 0. The monoisotopic (exact) mass is 348 g/mol. The van der Waals surface area contributed by atoms with E-state index in [1.807, 2.05) is 6.92 Å². The van der Waals surface area contributed by atoms with Crippen LogP contribution in [0.15, 0.2) is 22.8 Å². The van der Waals surface area contributed by atoms with Gasteiger partial charge in [-0.25, -0.2) is 0 Å². The van der Waals surface area contributed by atoms with Crippen LogP contribution in [0.5, 0.6) is 0 Å². The van der Waals surface area contributed by atoms with Crippen molar-refractivity contribution in [3.63, 3.8) is 0 Å². The highest BCUT2D eigenvalue weighted by Crippen LogP contribution is 2.42. The Kier molecular flexibility index (Phi) is 7.99. The minimum atomic E-state index is -1.56. The molecule has 1 atom stereocenters. The highest BCUT2D eigenvalue weighted by Gasteiger charge is 2.38. The first-order valence-electron chi connectivity index (χ1n) is 9.41. The summed E-state index contributed by atoms with van der Waals surface area (Å²) in [5.41, 5.74) is 3.60. The van der Waals surface area contributed by atoms with Gasteiger partial charge in [-0.15, -0.1) is 0 Å². The average molecular weight is 349 g/mol. The van der Waals surface area contributed by atoms with Gasteiger partial charge in [0.05, 0.1) is 6.61 Å². The number of rotatable bonds is 6. The lowest BCUT2D eigenvalue weighted by atomic mass is 9.72. The first-order valence-corrected chi connectivity index (χ1v) is 11.9. The first-order chi connectivity index (χ1) is 11.2. The number of aliphatic hydroxyl groups is 1. The molecule has 0 radical (unpaired) electrons. The highest BCUT2D eigenvalue weighted by atomic mass is 28.4. The zero-order chi connectivity index (χ0) is 18.4. The van der Waals surface area contributed by atoms with Gasteiger partial charge in [-0.05, 0) is 61.9 Å². The van der Waals surface area contributed by atoms with Crippen molar-refractivity contribution >= 4 is 8.32 Å². The second kappa shape index (κ2) is 9.04.